The van der Waals surface area contributed by atoms with Crippen LogP contribution in [0.25, 0.3) is 0 Å². The van der Waals surface area contributed by atoms with Gasteiger partial charge < -0.3 is 19.7 Å². The first-order valence-electron chi connectivity index (χ1n) is 18.7. The highest BCUT2D eigenvalue weighted by atomic mass is 28.3. The lowest BCUT2D eigenvalue weighted by molar-refractivity contribution is 0.0519. The number of hydrogen-bond donors (Lipinski definition) is 2. The summed E-state index contributed by atoms with van der Waals surface area (Å²) >= 11 is 0. The van der Waals surface area contributed by atoms with E-state index in [1.54, 1.807) is 12.3 Å². The van der Waals surface area contributed by atoms with Gasteiger partial charge in [-0.3, -0.25) is 4.99 Å². The summed E-state index contributed by atoms with van der Waals surface area (Å²) in [5, 5.41) is 26.1. The van der Waals surface area contributed by atoms with Gasteiger partial charge in [0.15, 0.2) is 0 Å². The van der Waals surface area contributed by atoms with Crippen LogP contribution in [0.15, 0.2) is 59.6 Å². The zero-order chi connectivity index (χ0) is 37.7. The van der Waals surface area contributed by atoms with Crippen LogP contribution in [-0.2, 0) is 16.4 Å². The van der Waals surface area contributed by atoms with Crippen LogP contribution in [0.2, 0.25) is 18.1 Å². The zero-order valence-electron chi connectivity index (χ0n) is 33.8. The van der Waals surface area contributed by atoms with Crippen molar-refractivity contribution in [2.75, 3.05) is 13.2 Å². The molecule has 5 nitrogen and oxygen atoms in total. The van der Waals surface area contributed by atoms with E-state index in [1.165, 1.54) is 0 Å². The Morgan fingerprint density at radius 1 is 0.740 bits per heavy atom. The van der Waals surface area contributed by atoms with Gasteiger partial charge in [0, 0.05) is 22.9 Å². The van der Waals surface area contributed by atoms with Gasteiger partial charge in [-0.2, -0.15) is 0 Å². The van der Waals surface area contributed by atoms with Gasteiger partial charge in [-0.15, -0.1) is 0 Å². The van der Waals surface area contributed by atoms with E-state index in [1.807, 2.05) is 25.1 Å². The number of ether oxygens (including phenoxy) is 2. The predicted molar refractivity (Wildman–Crippen MR) is 216 cm³/mol. The highest BCUT2D eigenvalue weighted by molar-refractivity contribution is 6.92. The maximum Gasteiger partial charge on any atom is 0.144 e. The second kappa shape index (κ2) is 16.1. The summed E-state index contributed by atoms with van der Waals surface area (Å²) in [7, 11) is -2.07. The Balaban J connectivity index is 2.44. The normalized spacial score (nSPS) is 13.9. The van der Waals surface area contributed by atoms with Gasteiger partial charge in [-0.25, -0.2) is 0 Å². The summed E-state index contributed by atoms with van der Waals surface area (Å²) in [6.45, 7) is 32.0. The lowest BCUT2D eigenvalue weighted by Gasteiger charge is -2.39. The third kappa shape index (κ3) is 9.22. The summed E-state index contributed by atoms with van der Waals surface area (Å²) in [6, 6.07) is 17.5. The minimum Gasteiger partial charge on any atom is -0.507 e. The van der Waals surface area contributed by atoms with Gasteiger partial charge >= 0.3 is 0 Å². The minimum atomic E-state index is -2.07. The number of unbranched alkanes of at least 4 members (excludes halogenated alkanes) is 2. The third-order valence-electron chi connectivity index (χ3n) is 10.7. The van der Waals surface area contributed by atoms with Crippen LogP contribution in [0.4, 0.5) is 0 Å². The van der Waals surface area contributed by atoms with Crippen molar-refractivity contribution in [2.45, 2.75) is 149 Å². The van der Waals surface area contributed by atoms with Crippen molar-refractivity contribution in [1.82, 2.24) is 0 Å². The largest absolute Gasteiger partial charge is 0.507 e. The molecule has 50 heavy (non-hydrogen) atoms. The molecule has 1 unspecified atom stereocenters. The maximum atomic E-state index is 13.7. The fourth-order valence-electron chi connectivity index (χ4n) is 6.02. The van der Waals surface area contributed by atoms with Crippen LogP contribution in [0.1, 0.15) is 137 Å². The van der Waals surface area contributed by atoms with Crippen molar-refractivity contribution in [1.29, 1.82) is 0 Å². The molecule has 3 aromatic carbocycles. The fourth-order valence-corrected chi connectivity index (χ4v) is 8.21. The fraction of sp³-hybridized carbons (Fsp3) is 0.568. The molecule has 0 radical (unpaired) electrons. The van der Waals surface area contributed by atoms with E-state index in [2.05, 4.69) is 120 Å². The van der Waals surface area contributed by atoms with E-state index < -0.39 is 19.7 Å². The van der Waals surface area contributed by atoms with E-state index in [4.69, 9.17) is 14.5 Å². The van der Waals surface area contributed by atoms with Gasteiger partial charge in [0.05, 0.1) is 27.3 Å². The van der Waals surface area contributed by atoms with Gasteiger partial charge in [-0.05, 0) is 82.3 Å². The van der Waals surface area contributed by atoms with E-state index in [0.717, 1.165) is 47.6 Å². The molecule has 3 aromatic rings. The molecule has 0 bridgehead atoms. The maximum absolute atomic E-state index is 13.7. The number of hydrogen-bond acceptors (Lipinski definition) is 5. The lowest BCUT2D eigenvalue weighted by atomic mass is 9.75. The van der Waals surface area contributed by atoms with Gasteiger partial charge in [0.2, 0.25) is 0 Å². The first kappa shape index (κ1) is 41.3. The standard InChI is InChI=1S/C44H67NO4Si/c1-15-17-26-48-38-24-22-32(41(4,5)6)28-35(38)44(47,36-29-33(42(7,8)9)23-25-39(36)49-27-18-16-2)31(3)45-30-34-37(46)20-19-21-40(34)50(13,14)43(10,11)12/h19-25,28-31,46-47H,15-18,26-27H2,1-14H3. The zero-order valence-corrected chi connectivity index (χ0v) is 34.8. The number of aromatic hydroxyl groups is 1. The first-order chi connectivity index (χ1) is 23.1. The molecule has 0 saturated carbocycles. The topological polar surface area (TPSA) is 71.3 Å². The monoisotopic (exact) mass is 701 g/mol. The Hall–Kier alpha value is -3.09. The highest BCUT2D eigenvalue weighted by Gasteiger charge is 2.44. The quantitative estimate of drug-likeness (QED) is 0.0997. The number of phenolic OH excluding ortho intramolecular Hbond substituents is 1. The Morgan fingerprint density at radius 2 is 1.20 bits per heavy atom. The minimum absolute atomic E-state index is 0.0476. The van der Waals surface area contributed by atoms with Gasteiger partial charge in [0.1, 0.15) is 22.8 Å². The average molecular weight is 702 g/mol. The molecular weight excluding hydrogens is 635 g/mol. The van der Waals surface area contributed by atoms with Crippen LogP contribution in [-0.4, -0.2) is 43.8 Å². The molecule has 0 heterocycles. The Bertz CT molecular complexity index is 1530. The van der Waals surface area contributed by atoms with Gasteiger partial charge in [-0.1, -0.05) is 126 Å². The van der Waals surface area contributed by atoms with E-state index in [9.17, 15) is 10.2 Å². The summed E-state index contributed by atoms with van der Waals surface area (Å²) in [5.74, 6) is 1.48. The van der Waals surface area contributed by atoms with E-state index >= 15 is 0 Å². The van der Waals surface area contributed by atoms with Crippen molar-refractivity contribution < 1.29 is 19.7 Å². The van der Waals surface area contributed by atoms with Crippen molar-refractivity contribution in [2.24, 2.45) is 4.99 Å². The number of rotatable bonds is 14. The Kier molecular flexibility index (Phi) is 13.3. The molecule has 0 aromatic heterocycles. The van der Waals surface area contributed by atoms with Crippen molar-refractivity contribution >= 4 is 19.5 Å². The molecular formula is C44H67NO4Si. The smallest absolute Gasteiger partial charge is 0.144 e. The van der Waals surface area contributed by atoms with Crippen LogP contribution in [0, 0.1) is 0 Å². The van der Waals surface area contributed by atoms with Gasteiger partial charge in [0.25, 0.3) is 0 Å². The number of aliphatic hydroxyl groups is 1. The molecule has 0 amide bonds. The van der Waals surface area contributed by atoms with Crippen LogP contribution in [0.5, 0.6) is 17.2 Å². The number of nitrogens with zero attached hydrogens (tertiary/aromatic N) is 1. The SMILES string of the molecule is CCCCOc1ccc(C(C)(C)C)cc1C(O)(c1cc(C(C)(C)C)ccc1OCCCC)C(C)N=Cc1c(O)cccc1[Si](C)(C)C(C)(C)C. The van der Waals surface area contributed by atoms with Crippen LogP contribution in [0.3, 0.4) is 0 Å². The molecule has 0 spiro atoms. The summed E-state index contributed by atoms with van der Waals surface area (Å²) in [6.07, 6.45) is 5.60. The third-order valence-corrected chi connectivity index (χ3v) is 16.2. The number of aliphatic imine (C=N–C) groups is 1. The molecule has 0 fully saturated rings. The summed E-state index contributed by atoms with van der Waals surface area (Å²) < 4.78 is 13.0. The van der Waals surface area contributed by atoms with E-state index in [-0.39, 0.29) is 21.6 Å². The van der Waals surface area contributed by atoms with E-state index in [0.29, 0.717) is 35.8 Å². The molecule has 0 aliphatic rings. The molecule has 1 atom stereocenters. The number of phenols is 1. The first-order valence-corrected chi connectivity index (χ1v) is 21.7. The second-order valence-corrected chi connectivity index (χ2v) is 22.9. The molecule has 0 saturated heterocycles. The molecule has 0 aliphatic heterocycles. The predicted octanol–water partition coefficient (Wildman–Crippen LogP) is 10.8. The van der Waals surface area contributed by atoms with Crippen LogP contribution >= 0.6 is 0 Å². The lowest BCUT2D eigenvalue weighted by Crippen LogP contribution is -2.51. The highest BCUT2D eigenvalue weighted by Crippen LogP contribution is 2.46. The van der Waals surface area contributed by atoms with Crippen molar-refractivity contribution in [3.63, 3.8) is 0 Å². The Labute approximate surface area is 305 Å². The second-order valence-electron chi connectivity index (χ2n) is 17.7. The summed E-state index contributed by atoms with van der Waals surface area (Å²) in [5.41, 5.74) is 2.23. The Morgan fingerprint density at radius 3 is 1.60 bits per heavy atom. The molecule has 6 heteroatoms. The molecule has 2 N–H and O–H groups in total. The summed E-state index contributed by atoms with van der Waals surface area (Å²) in [4.78, 5) is 5.17. The van der Waals surface area contributed by atoms with Crippen LogP contribution < -0.4 is 14.7 Å². The van der Waals surface area contributed by atoms with Crippen molar-refractivity contribution in [3.8, 4) is 17.2 Å². The molecule has 3 rings (SSSR count). The molecule has 0 aliphatic carbocycles. The number of benzene rings is 3. The molecule has 276 valence electrons. The average Bonchev–Trinajstić information content (AvgIpc) is 3.02. The van der Waals surface area contributed by atoms with Crippen molar-refractivity contribution in [3.05, 3.63) is 82.4 Å².